The van der Waals surface area contributed by atoms with E-state index in [4.69, 9.17) is 0 Å². The number of hydrogen-bond acceptors (Lipinski definition) is 3. The molecule has 0 radical (unpaired) electrons. The minimum Gasteiger partial charge on any atom is -0.337 e. The smallest absolute Gasteiger partial charge is 0.274 e. The van der Waals surface area contributed by atoms with Crippen LogP contribution < -0.4 is 5.32 Å². The van der Waals surface area contributed by atoms with E-state index < -0.39 is 0 Å². The Labute approximate surface area is 113 Å². The average Bonchev–Trinajstić information content (AvgIpc) is 2.80. The highest BCUT2D eigenvalue weighted by Crippen LogP contribution is 2.29. The van der Waals surface area contributed by atoms with Crippen molar-refractivity contribution < 1.29 is 4.79 Å². The maximum Gasteiger partial charge on any atom is 0.274 e. The number of likely N-dealkylation sites (tertiary alicyclic amines) is 1. The molecule has 0 unspecified atom stereocenters. The highest BCUT2D eigenvalue weighted by molar-refractivity contribution is 5.94. The lowest BCUT2D eigenvalue weighted by Gasteiger charge is -2.37. The van der Waals surface area contributed by atoms with Gasteiger partial charge in [0.2, 0.25) is 0 Å². The molecule has 1 saturated heterocycles. The van der Waals surface area contributed by atoms with E-state index in [1.807, 2.05) is 4.90 Å². The zero-order valence-corrected chi connectivity index (χ0v) is 11.8. The Morgan fingerprint density at radius 3 is 3.05 bits per heavy atom. The third kappa shape index (κ3) is 2.39. The standard InChI is InChI=1S/C14H22N4O/c1-14(2)5-3-7-18(9-14)13(19)12-10-8-15-6-4-11(10)16-17-12/h15H,3-9H2,1-2H3,(H,16,17). The molecule has 5 heteroatoms. The molecule has 0 aromatic carbocycles. The van der Waals surface area contributed by atoms with Crippen LogP contribution in [0.1, 0.15) is 48.4 Å². The molecule has 0 saturated carbocycles. The van der Waals surface area contributed by atoms with Crippen molar-refractivity contribution in [2.45, 2.75) is 39.7 Å². The van der Waals surface area contributed by atoms with Gasteiger partial charge in [0, 0.05) is 43.9 Å². The molecule has 3 heterocycles. The van der Waals surface area contributed by atoms with E-state index in [0.717, 1.165) is 50.3 Å². The maximum atomic E-state index is 12.6. The molecule has 0 bridgehead atoms. The number of fused-ring (bicyclic) bond motifs is 1. The average molecular weight is 262 g/mol. The Bertz CT molecular complexity index is 492. The zero-order chi connectivity index (χ0) is 13.5. The van der Waals surface area contributed by atoms with Gasteiger partial charge in [0.15, 0.2) is 5.69 Å². The highest BCUT2D eigenvalue weighted by Gasteiger charge is 2.32. The number of carbonyl (C=O) groups excluding carboxylic acids is 1. The van der Waals surface area contributed by atoms with Gasteiger partial charge in [0.25, 0.3) is 5.91 Å². The number of amides is 1. The Balaban J connectivity index is 1.82. The molecule has 1 amide bonds. The molecule has 0 spiro atoms. The predicted octanol–water partition coefficient (Wildman–Crippen LogP) is 1.32. The van der Waals surface area contributed by atoms with Crippen molar-refractivity contribution in [3.63, 3.8) is 0 Å². The Kier molecular flexibility index (Phi) is 3.09. The molecule has 1 fully saturated rings. The minimum atomic E-state index is 0.0916. The number of nitrogens with zero attached hydrogens (tertiary/aromatic N) is 2. The fourth-order valence-electron chi connectivity index (χ4n) is 3.15. The number of hydrogen-bond donors (Lipinski definition) is 2. The molecule has 1 aromatic rings. The van der Waals surface area contributed by atoms with Crippen molar-refractivity contribution in [1.82, 2.24) is 20.4 Å². The van der Waals surface area contributed by atoms with Gasteiger partial charge >= 0.3 is 0 Å². The fraction of sp³-hybridized carbons (Fsp3) is 0.714. The second kappa shape index (κ2) is 4.63. The van der Waals surface area contributed by atoms with Gasteiger partial charge in [-0.1, -0.05) is 13.8 Å². The van der Waals surface area contributed by atoms with Crippen molar-refractivity contribution in [3.8, 4) is 0 Å². The first-order valence-corrected chi connectivity index (χ1v) is 7.13. The van der Waals surface area contributed by atoms with Crippen molar-refractivity contribution >= 4 is 5.91 Å². The Hall–Kier alpha value is -1.36. The molecule has 0 atom stereocenters. The summed E-state index contributed by atoms with van der Waals surface area (Å²) in [6.45, 7) is 7.87. The topological polar surface area (TPSA) is 61.0 Å². The van der Waals surface area contributed by atoms with Crippen molar-refractivity contribution in [2.24, 2.45) is 5.41 Å². The molecule has 104 valence electrons. The van der Waals surface area contributed by atoms with Crippen LogP contribution in [0.25, 0.3) is 0 Å². The molecule has 0 aliphatic carbocycles. The van der Waals surface area contributed by atoms with Gasteiger partial charge in [-0.05, 0) is 18.3 Å². The normalized spacial score (nSPS) is 22.1. The fourth-order valence-corrected chi connectivity index (χ4v) is 3.15. The van der Waals surface area contributed by atoms with Crippen molar-refractivity contribution in [2.75, 3.05) is 19.6 Å². The summed E-state index contributed by atoms with van der Waals surface area (Å²) < 4.78 is 0. The van der Waals surface area contributed by atoms with Gasteiger partial charge in [-0.15, -0.1) is 0 Å². The molecule has 5 nitrogen and oxygen atoms in total. The van der Waals surface area contributed by atoms with Crippen LogP contribution in [-0.4, -0.2) is 40.6 Å². The maximum absolute atomic E-state index is 12.6. The molecule has 2 aliphatic heterocycles. The second-order valence-corrected chi connectivity index (χ2v) is 6.45. The lowest BCUT2D eigenvalue weighted by atomic mass is 9.84. The number of aromatic nitrogens is 2. The third-order valence-electron chi connectivity index (χ3n) is 4.20. The minimum absolute atomic E-state index is 0.0916. The summed E-state index contributed by atoms with van der Waals surface area (Å²) in [5.74, 6) is 0.0916. The summed E-state index contributed by atoms with van der Waals surface area (Å²) in [4.78, 5) is 14.6. The molecule has 2 N–H and O–H groups in total. The van der Waals surface area contributed by atoms with Gasteiger partial charge in [0.05, 0.1) is 0 Å². The van der Waals surface area contributed by atoms with Gasteiger partial charge in [-0.3, -0.25) is 9.89 Å². The number of carbonyl (C=O) groups is 1. The van der Waals surface area contributed by atoms with Gasteiger partial charge in [0.1, 0.15) is 0 Å². The first-order chi connectivity index (χ1) is 9.07. The van der Waals surface area contributed by atoms with Crippen molar-refractivity contribution in [3.05, 3.63) is 17.0 Å². The number of aromatic amines is 1. The highest BCUT2D eigenvalue weighted by atomic mass is 16.2. The summed E-state index contributed by atoms with van der Waals surface area (Å²) in [6.07, 6.45) is 3.21. The van der Waals surface area contributed by atoms with Crippen LogP contribution in [0.4, 0.5) is 0 Å². The monoisotopic (exact) mass is 262 g/mol. The van der Waals surface area contributed by atoms with E-state index in [1.165, 1.54) is 6.42 Å². The van der Waals surface area contributed by atoms with Crippen LogP contribution in [0.2, 0.25) is 0 Å². The predicted molar refractivity (Wildman–Crippen MR) is 72.9 cm³/mol. The van der Waals surface area contributed by atoms with E-state index in [0.29, 0.717) is 5.69 Å². The SMILES string of the molecule is CC1(C)CCCN(C(=O)c2n[nH]c3c2CNCC3)C1. The number of H-pyrrole nitrogens is 1. The van der Waals surface area contributed by atoms with Crippen LogP contribution >= 0.6 is 0 Å². The van der Waals surface area contributed by atoms with Crippen molar-refractivity contribution in [1.29, 1.82) is 0 Å². The van der Waals surface area contributed by atoms with Crippen LogP contribution in [0.15, 0.2) is 0 Å². The largest absolute Gasteiger partial charge is 0.337 e. The number of piperidine rings is 1. The third-order valence-corrected chi connectivity index (χ3v) is 4.20. The van der Waals surface area contributed by atoms with E-state index in [1.54, 1.807) is 0 Å². The Morgan fingerprint density at radius 2 is 2.26 bits per heavy atom. The summed E-state index contributed by atoms with van der Waals surface area (Å²) in [7, 11) is 0. The molecule has 3 rings (SSSR count). The molecular weight excluding hydrogens is 240 g/mol. The van der Waals surface area contributed by atoms with E-state index in [-0.39, 0.29) is 11.3 Å². The number of nitrogens with one attached hydrogen (secondary N) is 2. The number of rotatable bonds is 1. The van der Waals surface area contributed by atoms with Crippen LogP contribution in [0, 0.1) is 5.41 Å². The first-order valence-electron chi connectivity index (χ1n) is 7.13. The van der Waals surface area contributed by atoms with Crippen LogP contribution in [-0.2, 0) is 13.0 Å². The summed E-state index contributed by atoms with van der Waals surface area (Å²) in [5, 5.41) is 10.6. The summed E-state index contributed by atoms with van der Waals surface area (Å²) >= 11 is 0. The quantitative estimate of drug-likeness (QED) is 0.802. The van der Waals surface area contributed by atoms with E-state index >= 15 is 0 Å². The van der Waals surface area contributed by atoms with E-state index in [9.17, 15) is 4.79 Å². The Morgan fingerprint density at radius 1 is 1.42 bits per heavy atom. The summed E-state index contributed by atoms with van der Waals surface area (Å²) in [6, 6.07) is 0. The van der Waals surface area contributed by atoms with Gasteiger partial charge < -0.3 is 10.2 Å². The first kappa shape index (κ1) is 12.7. The van der Waals surface area contributed by atoms with Crippen LogP contribution in [0.5, 0.6) is 0 Å². The lowest BCUT2D eigenvalue weighted by Crippen LogP contribution is -2.44. The van der Waals surface area contributed by atoms with Gasteiger partial charge in [-0.25, -0.2) is 0 Å². The van der Waals surface area contributed by atoms with E-state index in [2.05, 4.69) is 29.4 Å². The zero-order valence-electron chi connectivity index (χ0n) is 11.8. The molecule has 2 aliphatic rings. The second-order valence-electron chi connectivity index (χ2n) is 6.45. The van der Waals surface area contributed by atoms with Gasteiger partial charge in [-0.2, -0.15) is 5.10 Å². The molecular formula is C14H22N4O. The molecule has 1 aromatic heterocycles. The lowest BCUT2D eigenvalue weighted by molar-refractivity contribution is 0.0576. The van der Waals surface area contributed by atoms with Crippen LogP contribution in [0.3, 0.4) is 0 Å². The summed E-state index contributed by atoms with van der Waals surface area (Å²) in [5.41, 5.74) is 3.04. The molecule has 19 heavy (non-hydrogen) atoms.